The zero-order valence-corrected chi connectivity index (χ0v) is 10.6. The van der Waals surface area contributed by atoms with E-state index in [1.807, 2.05) is 6.08 Å². The van der Waals surface area contributed by atoms with E-state index in [0.29, 0.717) is 6.54 Å². The molecule has 0 radical (unpaired) electrons. The summed E-state index contributed by atoms with van der Waals surface area (Å²) < 4.78 is 23.4. The topological polar surface area (TPSA) is 37.4 Å². The molecule has 0 aliphatic rings. The molecule has 3 nitrogen and oxygen atoms in total. The van der Waals surface area contributed by atoms with Crippen LogP contribution in [-0.4, -0.2) is 32.6 Å². The summed E-state index contributed by atoms with van der Waals surface area (Å²) in [5.74, 6) is 0. The van der Waals surface area contributed by atoms with Crippen molar-refractivity contribution < 1.29 is 8.42 Å². The van der Waals surface area contributed by atoms with Crippen LogP contribution >= 0.6 is 0 Å². The molecule has 0 saturated heterocycles. The van der Waals surface area contributed by atoms with Crippen LogP contribution in [0, 0.1) is 5.41 Å². The van der Waals surface area contributed by atoms with Gasteiger partial charge in [0.05, 0.1) is 6.26 Å². The standard InChI is InChI=1S/C10H21NO2S/c1-10(2,3)8-6-7-9-11(4)14(5,12)13/h6,8H,7,9H2,1-5H3/b8-6-. The molecule has 0 amide bonds. The minimum absolute atomic E-state index is 0.170. The molecule has 0 rings (SSSR count). The van der Waals surface area contributed by atoms with Crippen LogP contribution in [0.2, 0.25) is 0 Å². The molecule has 0 heterocycles. The lowest BCUT2D eigenvalue weighted by Crippen LogP contribution is -2.26. The first-order valence-electron chi connectivity index (χ1n) is 4.72. The Morgan fingerprint density at radius 3 is 2.14 bits per heavy atom. The number of rotatable bonds is 4. The summed E-state index contributed by atoms with van der Waals surface area (Å²) in [5.41, 5.74) is 0.170. The van der Waals surface area contributed by atoms with Gasteiger partial charge in [0.1, 0.15) is 0 Å². The van der Waals surface area contributed by atoms with E-state index in [1.165, 1.54) is 10.6 Å². The maximum atomic E-state index is 11.0. The molecule has 0 atom stereocenters. The van der Waals surface area contributed by atoms with Crippen molar-refractivity contribution >= 4 is 10.0 Å². The summed E-state index contributed by atoms with van der Waals surface area (Å²) in [6.45, 7) is 6.89. The average Bonchev–Trinajstić information content (AvgIpc) is 1.93. The SMILES string of the molecule is CN(CC/C=C\C(C)(C)C)S(C)(=O)=O. The summed E-state index contributed by atoms with van der Waals surface area (Å²) in [6, 6.07) is 0. The highest BCUT2D eigenvalue weighted by atomic mass is 32.2. The third-order valence-electron chi connectivity index (χ3n) is 1.79. The predicted molar refractivity (Wildman–Crippen MR) is 60.7 cm³/mol. The van der Waals surface area contributed by atoms with E-state index in [4.69, 9.17) is 0 Å². The van der Waals surface area contributed by atoms with Crippen LogP contribution in [0.25, 0.3) is 0 Å². The van der Waals surface area contributed by atoms with Crippen LogP contribution in [-0.2, 0) is 10.0 Å². The van der Waals surface area contributed by atoms with Gasteiger partial charge in [0.2, 0.25) is 10.0 Å². The summed E-state index contributed by atoms with van der Waals surface area (Å²) in [6.07, 6.45) is 6.12. The zero-order valence-electron chi connectivity index (χ0n) is 9.74. The highest BCUT2D eigenvalue weighted by Gasteiger charge is 2.09. The van der Waals surface area contributed by atoms with Gasteiger partial charge in [-0.15, -0.1) is 0 Å². The fraction of sp³-hybridized carbons (Fsp3) is 0.800. The van der Waals surface area contributed by atoms with E-state index in [-0.39, 0.29) is 5.41 Å². The quantitative estimate of drug-likeness (QED) is 0.677. The van der Waals surface area contributed by atoms with Crippen molar-refractivity contribution in [1.82, 2.24) is 4.31 Å². The van der Waals surface area contributed by atoms with Gasteiger partial charge in [-0.3, -0.25) is 0 Å². The van der Waals surface area contributed by atoms with Crippen LogP contribution in [0.1, 0.15) is 27.2 Å². The van der Waals surface area contributed by atoms with Crippen molar-refractivity contribution in [2.24, 2.45) is 5.41 Å². The van der Waals surface area contributed by atoms with Crippen molar-refractivity contribution in [2.45, 2.75) is 27.2 Å². The Balaban J connectivity index is 3.93. The Labute approximate surface area is 87.9 Å². The molecule has 0 saturated carbocycles. The normalized spacial score (nSPS) is 14.1. The molecule has 0 aliphatic carbocycles. The van der Waals surface area contributed by atoms with Gasteiger partial charge in [0, 0.05) is 13.6 Å². The fourth-order valence-electron chi connectivity index (χ4n) is 0.859. The molecule has 0 fully saturated rings. The van der Waals surface area contributed by atoms with Crippen LogP contribution < -0.4 is 0 Å². The maximum Gasteiger partial charge on any atom is 0.210 e. The van der Waals surface area contributed by atoms with Gasteiger partial charge in [-0.2, -0.15) is 0 Å². The highest BCUT2D eigenvalue weighted by Crippen LogP contribution is 2.14. The minimum Gasteiger partial charge on any atom is -0.213 e. The molecule has 14 heavy (non-hydrogen) atoms. The molecular weight excluding hydrogens is 198 g/mol. The Bertz CT molecular complexity index is 286. The maximum absolute atomic E-state index is 11.0. The number of nitrogens with zero attached hydrogens (tertiary/aromatic N) is 1. The van der Waals surface area contributed by atoms with Crippen LogP contribution in [0.15, 0.2) is 12.2 Å². The first-order valence-corrected chi connectivity index (χ1v) is 6.57. The molecule has 0 bridgehead atoms. The van der Waals surface area contributed by atoms with Crippen molar-refractivity contribution in [1.29, 1.82) is 0 Å². The number of sulfonamides is 1. The fourth-order valence-corrected chi connectivity index (χ4v) is 1.30. The van der Waals surface area contributed by atoms with Gasteiger partial charge in [0.15, 0.2) is 0 Å². The predicted octanol–water partition coefficient (Wildman–Crippen LogP) is 1.87. The van der Waals surface area contributed by atoms with E-state index in [0.717, 1.165) is 6.42 Å². The zero-order chi connectivity index (χ0) is 11.4. The Morgan fingerprint density at radius 1 is 1.29 bits per heavy atom. The Kier molecular flexibility index (Phi) is 4.81. The van der Waals surface area contributed by atoms with E-state index >= 15 is 0 Å². The third kappa shape index (κ3) is 7.09. The van der Waals surface area contributed by atoms with Crippen molar-refractivity contribution in [3.8, 4) is 0 Å². The molecule has 0 aromatic carbocycles. The number of hydrogen-bond donors (Lipinski definition) is 0. The van der Waals surface area contributed by atoms with E-state index in [2.05, 4.69) is 26.8 Å². The lowest BCUT2D eigenvalue weighted by atomic mass is 9.96. The van der Waals surface area contributed by atoms with Gasteiger partial charge in [-0.1, -0.05) is 32.9 Å². The van der Waals surface area contributed by atoms with Crippen LogP contribution in [0.3, 0.4) is 0 Å². The second-order valence-corrected chi connectivity index (χ2v) is 6.73. The van der Waals surface area contributed by atoms with E-state index in [9.17, 15) is 8.42 Å². The molecule has 0 aromatic heterocycles. The van der Waals surface area contributed by atoms with Gasteiger partial charge in [0.25, 0.3) is 0 Å². The van der Waals surface area contributed by atoms with Crippen LogP contribution in [0.4, 0.5) is 0 Å². The summed E-state index contributed by atoms with van der Waals surface area (Å²) >= 11 is 0. The summed E-state index contributed by atoms with van der Waals surface area (Å²) in [5, 5.41) is 0. The van der Waals surface area contributed by atoms with Crippen molar-refractivity contribution in [2.75, 3.05) is 19.8 Å². The summed E-state index contributed by atoms with van der Waals surface area (Å²) in [7, 11) is -1.42. The van der Waals surface area contributed by atoms with E-state index in [1.54, 1.807) is 7.05 Å². The first-order chi connectivity index (χ1) is 6.13. The molecule has 0 aliphatic heterocycles. The highest BCUT2D eigenvalue weighted by molar-refractivity contribution is 7.88. The third-order valence-corrected chi connectivity index (χ3v) is 3.11. The van der Waals surface area contributed by atoms with Crippen molar-refractivity contribution in [3.05, 3.63) is 12.2 Å². The van der Waals surface area contributed by atoms with Gasteiger partial charge < -0.3 is 0 Å². The summed E-state index contributed by atoms with van der Waals surface area (Å²) in [4.78, 5) is 0. The Hall–Kier alpha value is -0.350. The minimum atomic E-state index is -3.02. The lowest BCUT2D eigenvalue weighted by Gasteiger charge is -2.14. The Morgan fingerprint density at radius 2 is 1.79 bits per heavy atom. The molecular formula is C10H21NO2S. The number of hydrogen-bond acceptors (Lipinski definition) is 2. The largest absolute Gasteiger partial charge is 0.213 e. The van der Waals surface area contributed by atoms with E-state index < -0.39 is 10.0 Å². The smallest absolute Gasteiger partial charge is 0.210 e. The van der Waals surface area contributed by atoms with Crippen molar-refractivity contribution in [3.63, 3.8) is 0 Å². The first kappa shape index (κ1) is 13.7. The van der Waals surface area contributed by atoms with Crippen LogP contribution in [0.5, 0.6) is 0 Å². The van der Waals surface area contributed by atoms with Gasteiger partial charge in [-0.05, 0) is 11.8 Å². The van der Waals surface area contributed by atoms with Gasteiger partial charge >= 0.3 is 0 Å². The lowest BCUT2D eigenvalue weighted by molar-refractivity contribution is 0.478. The monoisotopic (exact) mass is 219 g/mol. The molecule has 84 valence electrons. The molecule has 0 unspecified atom stereocenters. The van der Waals surface area contributed by atoms with Gasteiger partial charge in [-0.25, -0.2) is 12.7 Å². The molecule has 4 heteroatoms. The molecule has 0 spiro atoms. The molecule has 0 N–H and O–H groups in total. The number of allylic oxidation sites excluding steroid dienone is 1. The average molecular weight is 219 g/mol. The second-order valence-electron chi connectivity index (χ2n) is 4.64. The second kappa shape index (κ2) is 4.94. The molecule has 0 aromatic rings.